The monoisotopic (exact) mass is 294 g/mol. The summed E-state index contributed by atoms with van der Waals surface area (Å²) in [5.74, 6) is 0.245. The molecule has 4 N–H and O–H groups in total. The minimum Gasteiger partial charge on any atom is -0.399 e. The van der Waals surface area contributed by atoms with Crippen molar-refractivity contribution < 1.29 is 4.39 Å². The molecule has 2 aromatic rings. The Labute approximate surface area is 122 Å². The van der Waals surface area contributed by atoms with Crippen molar-refractivity contribution in [3.05, 3.63) is 41.8 Å². The number of nitrogens with two attached hydrogens (primary N) is 1. The maximum Gasteiger partial charge on any atom is 0.148 e. The van der Waals surface area contributed by atoms with Gasteiger partial charge in [0.05, 0.1) is 11.1 Å². The summed E-state index contributed by atoms with van der Waals surface area (Å²) in [4.78, 5) is 4.21. The van der Waals surface area contributed by atoms with Crippen LogP contribution in [0.3, 0.4) is 0 Å². The van der Waals surface area contributed by atoms with E-state index in [0.29, 0.717) is 22.9 Å². The topological polar surface area (TPSA) is 63.0 Å². The van der Waals surface area contributed by atoms with Crippen molar-refractivity contribution in [3.8, 4) is 0 Å². The van der Waals surface area contributed by atoms with E-state index in [1.165, 1.54) is 6.07 Å². The molecule has 4 nitrogen and oxygen atoms in total. The molecule has 0 amide bonds. The predicted octanol–water partition coefficient (Wildman–Crippen LogP) is 3.89. The summed E-state index contributed by atoms with van der Waals surface area (Å²) in [7, 11) is 1.76. The number of halogens is 2. The zero-order chi connectivity index (χ0) is 14.7. The molecule has 1 aromatic heterocycles. The number of aromatic nitrogens is 1. The SMILES string of the molecule is CNc1nccc(Nc2ccc(N)cc2F)c1C(C)Cl. The second-order valence-electron chi connectivity index (χ2n) is 4.35. The number of nitrogen functional groups attached to an aromatic ring is 1. The van der Waals surface area contributed by atoms with Gasteiger partial charge in [-0.2, -0.15) is 0 Å². The Morgan fingerprint density at radius 1 is 1.30 bits per heavy atom. The Morgan fingerprint density at radius 2 is 2.05 bits per heavy atom. The third kappa shape index (κ3) is 2.93. The van der Waals surface area contributed by atoms with Crippen molar-refractivity contribution in [2.45, 2.75) is 12.3 Å². The van der Waals surface area contributed by atoms with Crippen LogP contribution in [-0.4, -0.2) is 12.0 Å². The van der Waals surface area contributed by atoms with E-state index in [1.807, 2.05) is 6.92 Å². The van der Waals surface area contributed by atoms with Gasteiger partial charge in [0.25, 0.3) is 0 Å². The normalized spacial score (nSPS) is 12.0. The average Bonchev–Trinajstić information content (AvgIpc) is 2.41. The molecule has 0 fully saturated rings. The lowest BCUT2D eigenvalue weighted by molar-refractivity contribution is 0.632. The molecule has 0 spiro atoms. The summed E-state index contributed by atoms with van der Waals surface area (Å²) in [6.07, 6.45) is 1.63. The van der Waals surface area contributed by atoms with E-state index < -0.39 is 5.82 Å². The molecule has 0 saturated heterocycles. The van der Waals surface area contributed by atoms with Crippen LogP contribution in [0.1, 0.15) is 17.9 Å². The van der Waals surface area contributed by atoms with Crippen LogP contribution in [0.4, 0.5) is 27.3 Å². The lowest BCUT2D eigenvalue weighted by atomic mass is 10.1. The summed E-state index contributed by atoms with van der Waals surface area (Å²) in [6.45, 7) is 1.84. The van der Waals surface area contributed by atoms with Gasteiger partial charge in [-0.05, 0) is 31.2 Å². The molecule has 0 aliphatic heterocycles. The molecule has 1 unspecified atom stereocenters. The number of rotatable bonds is 4. The van der Waals surface area contributed by atoms with E-state index >= 15 is 0 Å². The Kier molecular flexibility index (Phi) is 4.29. The van der Waals surface area contributed by atoms with Gasteiger partial charge in [-0.3, -0.25) is 0 Å². The maximum absolute atomic E-state index is 13.8. The second-order valence-corrected chi connectivity index (χ2v) is 5.01. The van der Waals surface area contributed by atoms with Gasteiger partial charge < -0.3 is 16.4 Å². The number of nitrogens with one attached hydrogen (secondary N) is 2. The predicted molar refractivity (Wildman–Crippen MR) is 82.1 cm³/mol. The summed E-state index contributed by atoms with van der Waals surface area (Å²) in [6, 6.07) is 6.25. The molecule has 0 bridgehead atoms. The average molecular weight is 295 g/mol. The first-order valence-electron chi connectivity index (χ1n) is 6.15. The minimum atomic E-state index is -0.416. The number of anilines is 4. The molecule has 6 heteroatoms. The molecule has 0 radical (unpaired) electrons. The lowest BCUT2D eigenvalue weighted by Crippen LogP contribution is -2.04. The Morgan fingerprint density at radius 3 is 2.65 bits per heavy atom. The molecule has 0 aliphatic rings. The largest absolute Gasteiger partial charge is 0.399 e. The van der Waals surface area contributed by atoms with Gasteiger partial charge >= 0.3 is 0 Å². The van der Waals surface area contributed by atoms with Crippen molar-refractivity contribution in [2.24, 2.45) is 0 Å². The van der Waals surface area contributed by atoms with Crippen LogP contribution in [-0.2, 0) is 0 Å². The minimum absolute atomic E-state index is 0.273. The third-order valence-corrected chi connectivity index (χ3v) is 3.11. The van der Waals surface area contributed by atoms with E-state index in [1.54, 1.807) is 31.4 Å². The molecular formula is C14H16ClFN4. The maximum atomic E-state index is 13.8. The van der Waals surface area contributed by atoms with Gasteiger partial charge in [0, 0.05) is 30.2 Å². The molecule has 1 atom stereocenters. The van der Waals surface area contributed by atoms with E-state index in [4.69, 9.17) is 17.3 Å². The summed E-state index contributed by atoms with van der Waals surface area (Å²) < 4.78 is 13.8. The van der Waals surface area contributed by atoms with Crippen LogP contribution in [0.25, 0.3) is 0 Å². The van der Waals surface area contributed by atoms with E-state index in [-0.39, 0.29) is 5.38 Å². The highest BCUT2D eigenvalue weighted by molar-refractivity contribution is 6.21. The fourth-order valence-electron chi connectivity index (χ4n) is 1.96. The Balaban J connectivity index is 2.43. The summed E-state index contributed by atoms with van der Waals surface area (Å²) in [5, 5.41) is 5.73. The zero-order valence-corrected chi connectivity index (χ0v) is 12.0. The lowest BCUT2D eigenvalue weighted by Gasteiger charge is -2.17. The number of hydrogen-bond acceptors (Lipinski definition) is 4. The van der Waals surface area contributed by atoms with Crippen LogP contribution in [0.2, 0.25) is 0 Å². The Bertz CT molecular complexity index is 616. The van der Waals surface area contributed by atoms with Crippen molar-refractivity contribution in [1.29, 1.82) is 0 Å². The number of hydrogen-bond donors (Lipinski definition) is 3. The molecule has 1 aromatic carbocycles. The van der Waals surface area contributed by atoms with Crippen molar-refractivity contribution in [1.82, 2.24) is 4.98 Å². The van der Waals surface area contributed by atoms with Crippen LogP contribution in [0, 0.1) is 5.82 Å². The summed E-state index contributed by atoms with van der Waals surface area (Å²) in [5.41, 5.74) is 7.74. The fraction of sp³-hybridized carbons (Fsp3) is 0.214. The molecule has 1 heterocycles. The van der Waals surface area contributed by atoms with Crippen molar-refractivity contribution >= 4 is 34.5 Å². The van der Waals surface area contributed by atoms with Gasteiger partial charge in [0.1, 0.15) is 11.6 Å². The molecule has 106 valence electrons. The second kappa shape index (κ2) is 5.96. The highest BCUT2D eigenvalue weighted by Crippen LogP contribution is 2.34. The number of alkyl halides is 1. The van der Waals surface area contributed by atoms with Crippen LogP contribution in [0.15, 0.2) is 30.5 Å². The first-order valence-corrected chi connectivity index (χ1v) is 6.59. The van der Waals surface area contributed by atoms with Gasteiger partial charge in [-0.25, -0.2) is 9.37 Å². The molecule has 0 saturated carbocycles. The van der Waals surface area contributed by atoms with Gasteiger partial charge in [-0.1, -0.05) is 0 Å². The summed E-state index contributed by atoms with van der Waals surface area (Å²) >= 11 is 6.19. The highest BCUT2D eigenvalue weighted by atomic mass is 35.5. The first kappa shape index (κ1) is 14.4. The molecular weight excluding hydrogens is 279 g/mol. The van der Waals surface area contributed by atoms with Gasteiger partial charge in [-0.15, -0.1) is 11.6 Å². The van der Waals surface area contributed by atoms with Crippen LogP contribution in [0.5, 0.6) is 0 Å². The number of benzene rings is 1. The van der Waals surface area contributed by atoms with Crippen molar-refractivity contribution in [2.75, 3.05) is 23.4 Å². The smallest absolute Gasteiger partial charge is 0.148 e. The van der Waals surface area contributed by atoms with Gasteiger partial charge in [0.15, 0.2) is 0 Å². The van der Waals surface area contributed by atoms with Crippen molar-refractivity contribution in [3.63, 3.8) is 0 Å². The van der Waals surface area contributed by atoms with E-state index in [2.05, 4.69) is 15.6 Å². The number of nitrogens with zero attached hydrogens (tertiary/aromatic N) is 1. The van der Waals surface area contributed by atoms with Crippen LogP contribution < -0.4 is 16.4 Å². The van der Waals surface area contributed by atoms with Gasteiger partial charge in [0.2, 0.25) is 0 Å². The van der Waals surface area contributed by atoms with Crippen LogP contribution >= 0.6 is 11.6 Å². The quantitative estimate of drug-likeness (QED) is 0.591. The third-order valence-electron chi connectivity index (χ3n) is 2.89. The number of pyridine rings is 1. The molecule has 0 aliphatic carbocycles. The first-order chi connectivity index (χ1) is 9.52. The zero-order valence-electron chi connectivity index (χ0n) is 11.2. The fourth-order valence-corrected chi connectivity index (χ4v) is 2.18. The van der Waals surface area contributed by atoms with E-state index in [0.717, 1.165) is 5.56 Å². The standard InChI is InChI=1S/C14H16ClFN4/c1-8(15)13-12(5-6-19-14(13)18-2)20-11-4-3-9(17)7-10(11)16/h3-8H,17H2,1-2H3,(H2,18,19,20). The highest BCUT2D eigenvalue weighted by Gasteiger charge is 2.15. The van der Waals surface area contributed by atoms with E-state index in [9.17, 15) is 4.39 Å². The molecule has 2 rings (SSSR count). The Hall–Kier alpha value is -2.01. The molecule has 20 heavy (non-hydrogen) atoms.